The number of hydrogen-bond donors (Lipinski definition) is 4. The summed E-state index contributed by atoms with van der Waals surface area (Å²) >= 11 is 0. The van der Waals surface area contributed by atoms with Crippen molar-refractivity contribution in [2.75, 3.05) is 5.32 Å². The van der Waals surface area contributed by atoms with E-state index < -0.39 is 17.8 Å². The van der Waals surface area contributed by atoms with Gasteiger partial charge in [0, 0.05) is 23.5 Å². The highest BCUT2D eigenvalue weighted by molar-refractivity contribution is 6.35. The van der Waals surface area contributed by atoms with Gasteiger partial charge in [-0.15, -0.1) is 0 Å². The largest absolute Gasteiger partial charge is 0.478 e. The number of rotatable bonds is 7. The molecule has 0 radical (unpaired) electrons. The summed E-state index contributed by atoms with van der Waals surface area (Å²) in [6.07, 6.45) is 1.29. The number of anilines is 2. The van der Waals surface area contributed by atoms with E-state index in [0.29, 0.717) is 11.3 Å². The molecule has 0 bridgehead atoms. The van der Waals surface area contributed by atoms with Crippen molar-refractivity contribution in [3.63, 3.8) is 0 Å². The first-order valence-electron chi connectivity index (χ1n) is 10.2. The van der Waals surface area contributed by atoms with Gasteiger partial charge < -0.3 is 15.7 Å². The Bertz CT molecular complexity index is 1220. The maximum absolute atomic E-state index is 12.1. The minimum atomic E-state index is -1.09. The van der Waals surface area contributed by atoms with Crippen molar-refractivity contribution in [2.45, 2.75) is 20.4 Å². The molecule has 33 heavy (non-hydrogen) atoms. The fraction of sp³-hybridized carbons (Fsp3) is 0.120. The van der Waals surface area contributed by atoms with Crippen LogP contribution in [-0.4, -0.2) is 29.1 Å². The molecule has 8 heteroatoms. The van der Waals surface area contributed by atoms with Crippen LogP contribution in [0.3, 0.4) is 0 Å². The number of para-hydroxylation sites is 1. The van der Waals surface area contributed by atoms with Gasteiger partial charge in [0.15, 0.2) is 0 Å². The second-order valence-electron chi connectivity index (χ2n) is 7.42. The molecular formula is C25H24N4O4. The summed E-state index contributed by atoms with van der Waals surface area (Å²) in [5, 5.41) is 18.9. The Morgan fingerprint density at radius 1 is 0.909 bits per heavy atom. The van der Waals surface area contributed by atoms with E-state index in [9.17, 15) is 19.5 Å². The van der Waals surface area contributed by atoms with Gasteiger partial charge in [-0.3, -0.25) is 9.59 Å². The summed E-state index contributed by atoms with van der Waals surface area (Å²) in [5.74, 6) is -2.85. The molecular weight excluding hydrogens is 420 g/mol. The van der Waals surface area contributed by atoms with Gasteiger partial charge in [0.1, 0.15) is 0 Å². The molecule has 2 amide bonds. The SMILES string of the molecule is Cc1cccc(CNC(=O)C(=O)N/N=C\c2cc(C(=O)O)ccc2Nc2ccccc2C)c1. The van der Waals surface area contributed by atoms with Crippen LogP contribution in [0.1, 0.15) is 32.6 Å². The predicted molar refractivity (Wildman–Crippen MR) is 127 cm³/mol. The summed E-state index contributed by atoms with van der Waals surface area (Å²) in [5.41, 5.74) is 7.03. The number of nitrogens with one attached hydrogen (secondary N) is 3. The molecule has 0 unspecified atom stereocenters. The molecule has 3 aromatic carbocycles. The Kier molecular flexibility index (Phi) is 7.54. The summed E-state index contributed by atoms with van der Waals surface area (Å²) in [6, 6.07) is 19.7. The first kappa shape index (κ1) is 23.2. The molecule has 8 nitrogen and oxygen atoms in total. The molecule has 0 atom stereocenters. The Morgan fingerprint density at radius 3 is 2.42 bits per heavy atom. The van der Waals surface area contributed by atoms with Crippen molar-refractivity contribution < 1.29 is 19.5 Å². The molecule has 168 valence electrons. The number of carbonyl (C=O) groups excluding carboxylic acids is 2. The average Bonchev–Trinajstić information content (AvgIpc) is 2.79. The van der Waals surface area contributed by atoms with Gasteiger partial charge in [-0.2, -0.15) is 5.10 Å². The minimum Gasteiger partial charge on any atom is -0.478 e. The highest BCUT2D eigenvalue weighted by Crippen LogP contribution is 2.23. The number of aryl methyl sites for hydroxylation is 2. The lowest BCUT2D eigenvalue weighted by Crippen LogP contribution is -2.37. The van der Waals surface area contributed by atoms with Crippen molar-refractivity contribution in [2.24, 2.45) is 5.10 Å². The Labute approximate surface area is 191 Å². The topological polar surface area (TPSA) is 120 Å². The molecule has 0 aliphatic carbocycles. The maximum atomic E-state index is 12.1. The monoisotopic (exact) mass is 444 g/mol. The number of carboxylic acids is 1. The van der Waals surface area contributed by atoms with E-state index >= 15 is 0 Å². The number of hydrogen-bond acceptors (Lipinski definition) is 5. The van der Waals surface area contributed by atoms with Gasteiger partial charge in [0.2, 0.25) is 0 Å². The Balaban J connectivity index is 1.68. The molecule has 3 rings (SSSR count). The van der Waals surface area contributed by atoms with Crippen molar-refractivity contribution >= 4 is 35.4 Å². The first-order valence-corrected chi connectivity index (χ1v) is 10.2. The molecule has 0 aromatic heterocycles. The van der Waals surface area contributed by atoms with E-state index in [0.717, 1.165) is 22.4 Å². The molecule has 0 fully saturated rings. The number of hydrazone groups is 1. The van der Waals surface area contributed by atoms with Crippen LogP contribution in [-0.2, 0) is 16.1 Å². The number of aromatic carboxylic acids is 1. The van der Waals surface area contributed by atoms with Gasteiger partial charge in [0.25, 0.3) is 0 Å². The van der Waals surface area contributed by atoms with E-state index in [4.69, 9.17) is 0 Å². The van der Waals surface area contributed by atoms with Crippen LogP contribution in [0.2, 0.25) is 0 Å². The van der Waals surface area contributed by atoms with Gasteiger partial charge in [-0.1, -0.05) is 48.0 Å². The minimum absolute atomic E-state index is 0.0639. The van der Waals surface area contributed by atoms with Crippen LogP contribution >= 0.6 is 0 Å². The summed E-state index contributed by atoms with van der Waals surface area (Å²) in [6.45, 7) is 4.09. The van der Waals surface area contributed by atoms with E-state index in [2.05, 4.69) is 21.2 Å². The van der Waals surface area contributed by atoms with Crippen LogP contribution < -0.4 is 16.1 Å². The third-order valence-corrected chi connectivity index (χ3v) is 4.82. The van der Waals surface area contributed by atoms with Crippen molar-refractivity contribution in [1.82, 2.24) is 10.7 Å². The second kappa shape index (κ2) is 10.7. The van der Waals surface area contributed by atoms with Crippen LogP contribution in [0, 0.1) is 13.8 Å². The lowest BCUT2D eigenvalue weighted by Gasteiger charge is -2.12. The molecule has 0 heterocycles. The second-order valence-corrected chi connectivity index (χ2v) is 7.42. The standard InChI is InChI=1S/C25H24N4O4/c1-16-6-5-8-18(12-16)14-26-23(30)24(31)29-27-15-20-13-19(25(32)33)10-11-22(20)28-21-9-4-3-7-17(21)2/h3-13,15,28H,14H2,1-2H3,(H,26,30)(H,29,31)(H,32,33)/b27-15-. The van der Waals surface area contributed by atoms with E-state index in [1.54, 1.807) is 6.07 Å². The third-order valence-electron chi connectivity index (χ3n) is 4.82. The Morgan fingerprint density at radius 2 is 1.70 bits per heavy atom. The fourth-order valence-corrected chi connectivity index (χ4v) is 3.07. The van der Waals surface area contributed by atoms with Crippen LogP contribution in [0.15, 0.2) is 71.8 Å². The molecule has 0 aliphatic rings. The zero-order chi connectivity index (χ0) is 23.8. The highest BCUT2D eigenvalue weighted by atomic mass is 16.4. The fourth-order valence-electron chi connectivity index (χ4n) is 3.07. The van der Waals surface area contributed by atoms with Crippen molar-refractivity contribution in [1.29, 1.82) is 0 Å². The molecule has 0 spiro atoms. The maximum Gasteiger partial charge on any atom is 0.335 e. The number of nitrogens with zero attached hydrogens (tertiary/aromatic N) is 1. The van der Waals surface area contributed by atoms with Crippen LogP contribution in [0.25, 0.3) is 0 Å². The zero-order valence-corrected chi connectivity index (χ0v) is 18.3. The van der Waals surface area contributed by atoms with Crippen molar-refractivity contribution in [3.8, 4) is 0 Å². The van der Waals surface area contributed by atoms with Crippen LogP contribution in [0.4, 0.5) is 11.4 Å². The van der Waals surface area contributed by atoms with Gasteiger partial charge in [-0.25, -0.2) is 10.2 Å². The molecule has 0 saturated carbocycles. The molecule has 0 saturated heterocycles. The van der Waals surface area contributed by atoms with Crippen molar-refractivity contribution in [3.05, 3.63) is 94.5 Å². The van der Waals surface area contributed by atoms with E-state index in [1.165, 1.54) is 18.3 Å². The summed E-state index contributed by atoms with van der Waals surface area (Å²) in [7, 11) is 0. The third kappa shape index (κ3) is 6.51. The smallest absolute Gasteiger partial charge is 0.335 e. The number of amides is 2. The quantitative estimate of drug-likeness (QED) is 0.253. The summed E-state index contributed by atoms with van der Waals surface area (Å²) in [4.78, 5) is 35.5. The highest BCUT2D eigenvalue weighted by Gasteiger charge is 2.13. The van der Waals surface area contributed by atoms with Crippen LogP contribution in [0.5, 0.6) is 0 Å². The molecule has 3 aromatic rings. The predicted octanol–water partition coefficient (Wildman–Crippen LogP) is 3.51. The number of carbonyl (C=O) groups is 3. The number of benzene rings is 3. The van der Waals surface area contributed by atoms with E-state index in [-0.39, 0.29) is 12.1 Å². The molecule has 0 aliphatic heterocycles. The Hall–Kier alpha value is -4.46. The van der Waals surface area contributed by atoms with Gasteiger partial charge in [-0.05, 0) is 49.2 Å². The molecule has 4 N–H and O–H groups in total. The normalized spacial score (nSPS) is 10.6. The van der Waals surface area contributed by atoms with Gasteiger partial charge in [0.05, 0.1) is 11.8 Å². The van der Waals surface area contributed by atoms with E-state index in [1.807, 2.05) is 62.4 Å². The lowest BCUT2D eigenvalue weighted by molar-refractivity contribution is -0.139. The zero-order valence-electron chi connectivity index (χ0n) is 18.3. The number of carboxylic acid groups (broad SMARTS) is 1. The van der Waals surface area contributed by atoms with Gasteiger partial charge >= 0.3 is 17.8 Å². The first-order chi connectivity index (χ1) is 15.8. The lowest BCUT2D eigenvalue weighted by atomic mass is 10.1. The summed E-state index contributed by atoms with van der Waals surface area (Å²) < 4.78 is 0. The average molecular weight is 444 g/mol.